The van der Waals surface area contributed by atoms with Crippen LogP contribution in [0.2, 0.25) is 0 Å². The maximum absolute atomic E-state index is 10.9. The van der Waals surface area contributed by atoms with Gasteiger partial charge in [0.15, 0.2) is 0 Å². The molecular weight excluding hydrogens is 309 g/mol. The van der Waals surface area contributed by atoms with Crippen molar-refractivity contribution < 1.29 is 54.1 Å². The number of carboxylic acids is 1. The Bertz CT molecular complexity index is 528. The number of benzene rings is 1. The van der Waals surface area contributed by atoms with Crippen LogP contribution >= 0.6 is 0 Å². The van der Waals surface area contributed by atoms with E-state index in [1.807, 2.05) is 0 Å². The Labute approximate surface area is 157 Å². The molecule has 0 saturated carbocycles. The third-order valence-electron chi connectivity index (χ3n) is 3.14. The minimum Gasteiger partial charge on any atom is -0.547 e. The number of amides is 1. The van der Waals surface area contributed by atoms with Crippen LogP contribution < -0.4 is 44.7 Å². The van der Waals surface area contributed by atoms with Crippen LogP contribution in [0.4, 0.5) is 0 Å². The standard InChI is InChI=1S/C16H21NO5.Na/c1-3-14(18)17-10-4-5-11-22-13-8-6-12(7-9-13)16(2,21)15(19)20;/h3,6-9,21H,1,4-5,10-11H2,2H3,(H,17,18)(H,19,20);/q;+1/p-1. The number of ether oxygens (including phenoxy) is 1. The van der Waals surface area contributed by atoms with Crippen molar-refractivity contribution in [3.63, 3.8) is 0 Å². The Morgan fingerprint density at radius 1 is 1.35 bits per heavy atom. The van der Waals surface area contributed by atoms with Crippen LogP contribution in [0.25, 0.3) is 0 Å². The molecule has 6 nitrogen and oxygen atoms in total. The molecule has 1 aromatic rings. The number of carbonyl (C=O) groups is 2. The molecule has 0 aromatic heterocycles. The minimum absolute atomic E-state index is 0. The van der Waals surface area contributed by atoms with Gasteiger partial charge in [0, 0.05) is 6.54 Å². The zero-order valence-electron chi connectivity index (χ0n) is 13.5. The number of hydrogen-bond donors (Lipinski definition) is 2. The van der Waals surface area contributed by atoms with E-state index in [0.717, 1.165) is 19.8 Å². The van der Waals surface area contributed by atoms with E-state index in [2.05, 4.69) is 11.9 Å². The van der Waals surface area contributed by atoms with E-state index in [4.69, 9.17) is 4.74 Å². The largest absolute Gasteiger partial charge is 1.00 e. The average molecular weight is 329 g/mol. The van der Waals surface area contributed by atoms with E-state index >= 15 is 0 Å². The fourth-order valence-corrected chi connectivity index (χ4v) is 1.69. The summed E-state index contributed by atoms with van der Waals surface area (Å²) in [6.45, 7) is 5.55. The molecule has 0 aliphatic rings. The SMILES string of the molecule is C=CC(=O)NCCCCOc1ccc(C(C)(O)C(=O)[O-])cc1.[Na+]. The molecule has 0 heterocycles. The van der Waals surface area contributed by atoms with Crippen LogP contribution in [0.5, 0.6) is 5.75 Å². The summed E-state index contributed by atoms with van der Waals surface area (Å²) in [5.74, 6) is -1.17. The van der Waals surface area contributed by atoms with E-state index in [-0.39, 0.29) is 41.0 Å². The van der Waals surface area contributed by atoms with Crippen LogP contribution in [0, 0.1) is 0 Å². The first-order valence-electron chi connectivity index (χ1n) is 6.95. The first-order chi connectivity index (χ1) is 10.4. The number of aliphatic hydroxyl groups is 1. The van der Waals surface area contributed by atoms with Crippen molar-refractivity contribution in [2.75, 3.05) is 13.2 Å². The fourth-order valence-electron chi connectivity index (χ4n) is 1.69. The quantitative estimate of drug-likeness (QED) is 0.288. The summed E-state index contributed by atoms with van der Waals surface area (Å²) in [4.78, 5) is 21.7. The molecule has 1 atom stereocenters. The number of rotatable bonds is 9. The van der Waals surface area contributed by atoms with Gasteiger partial charge in [0.1, 0.15) is 11.4 Å². The molecule has 0 saturated heterocycles. The van der Waals surface area contributed by atoms with Crippen LogP contribution in [0.1, 0.15) is 25.3 Å². The Morgan fingerprint density at radius 3 is 2.48 bits per heavy atom. The number of carboxylic acid groups (broad SMARTS) is 1. The second-order valence-electron chi connectivity index (χ2n) is 4.93. The molecule has 1 aromatic carbocycles. The Morgan fingerprint density at radius 2 is 1.96 bits per heavy atom. The van der Waals surface area contributed by atoms with Crippen molar-refractivity contribution in [2.45, 2.75) is 25.4 Å². The van der Waals surface area contributed by atoms with Gasteiger partial charge in [-0.25, -0.2) is 0 Å². The molecule has 1 unspecified atom stereocenters. The summed E-state index contributed by atoms with van der Waals surface area (Å²) in [7, 11) is 0. The van der Waals surface area contributed by atoms with Gasteiger partial charge in [-0.15, -0.1) is 0 Å². The third kappa shape index (κ3) is 7.18. The first kappa shape index (κ1) is 21.7. The van der Waals surface area contributed by atoms with Gasteiger partial charge in [-0.05, 0) is 43.5 Å². The van der Waals surface area contributed by atoms with Gasteiger partial charge in [0.25, 0.3) is 0 Å². The van der Waals surface area contributed by atoms with Gasteiger partial charge in [-0.2, -0.15) is 0 Å². The molecule has 0 radical (unpaired) electrons. The Kier molecular flexibility index (Phi) is 9.83. The summed E-state index contributed by atoms with van der Waals surface area (Å²) in [6, 6.07) is 6.14. The van der Waals surface area contributed by atoms with Crippen LogP contribution in [0.3, 0.4) is 0 Å². The number of hydrogen-bond acceptors (Lipinski definition) is 5. The van der Waals surface area contributed by atoms with Crippen LogP contribution in [-0.2, 0) is 15.2 Å². The monoisotopic (exact) mass is 329 g/mol. The van der Waals surface area contributed by atoms with Crippen molar-refractivity contribution in [3.8, 4) is 5.75 Å². The van der Waals surface area contributed by atoms with Crippen molar-refractivity contribution >= 4 is 11.9 Å². The molecule has 1 amide bonds. The topological polar surface area (TPSA) is 98.7 Å². The second-order valence-corrected chi connectivity index (χ2v) is 4.93. The van der Waals surface area contributed by atoms with Crippen LogP contribution in [0.15, 0.2) is 36.9 Å². The number of nitrogens with one attached hydrogen (secondary N) is 1. The van der Waals surface area contributed by atoms with Gasteiger partial charge in [-0.1, -0.05) is 18.7 Å². The molecule has 2 N–H and O–H groups in total. The average Bonchev–Trinajstić information content (AvgIpc) is 2.50. The predicted molar refractivity (Wildman–Crippen MR) is 79.0 cm³/mol. The summed E-state index contributed by atoms with van der Waals surface area (Å²) < 4.78 is 5.49. The maximum atomic E-state index is 10.9. The van der Waals surface area contributed by atoms with Crippen molar-refractivity contribution in [3.05, 3.63) is 42.5 Å². The molecule has 23 heavy (non-hydrogen) atoms. The van der Waals surface area contributed by atoms with Crippen LogP contribution in [-0.4, -0.2) is 30.1 Å². The van der Waals surface area contributed by atoms with E-state index < -0.39 is 11.6 Å². The maximum Gasteiger partial charge on any atom is 1.00 e. The number of carbonyl (C=O) groups excluding carboxylic acids is 2. The van der Waals surface area contributed by atoms with E-state index in [1.165, 1.54) is 18.2 Å². The van der Waals surface area contributed by atoms with Gasteiger partial charge in [-0.3, -0.25) is 4.79 Å². The van der Waals surface area contributed by atoms with E-state index in [9.17, 15) is 19.8 Å². The molecule has 1 rings (SSSR count). The number of aliphatic carboxylic acids is 1. The van der Waals surface area contributed by atoms with Crippen molar-refractivity contribution in [1.29, 1.82) is 0 Å². The molecule has 0 aliphatic carbocycles. The normalized spacial score (nSPS) is 12.4. The van der Waals surface area contributed by atoms with Gasteiger partial charge >= 0.3 is 29.6 Å². The zero-order valence-corrected chi connectivity index (χ0v) is 15.5. The third-order valence-corrected chi connectivity index (χ3v) is 3.14. The predicted octanol–water partition coefficient (Wildman–Crippen LogP) is -2.89. The summed E-state index contributed by atoms with van der Waals surface area (Å²) >= 11 is 0. The summed E-state index contributed by atoms with van der Waals surface area (Å²) in [5, 5.41) is 23.2. The Balaban J connectivity index is 0.00000484. The smallest absolute Gasteiger partial charge is 0.547 e. The van der Waals surface area contributed by atoms with Gasteiger partial charge < -0.3 is 25.1 Å². The fraction of sp³-hybridized carbons (Fsp3) is 0.375. The van der Waals surface area contributed by atoms with Gasteiger partial charge in [0.05, 0.1) is 12.6 Å². The van der Waals surface area contributed by atoms with Crippen molar-refractivity contribution in [1.82, 2.24) is 5.32 Å². The van der Waals surface area contributed by atoms with E-state index in [1.54, 1.807) is 12.1 Å². The molecular formula is C16H20NNaO5. The zero-order chi connectivity index (χ0) is 16.6. The molecule has 7 heteroatoms. The molecule has 0 bridgehead atoms. The van der Waals surface area contributed by atoms with Crippen molar-refractivity contribution in [2.24, 2.45) is 0 Å². The number of unbranched alkanes of at least 4 members (excludes halogenated alkanes) is 1. The molecule has 0 aliphatic heterocycles. The first-order valence-corrected chi connectivity index (χ1v) is 6.95. The minimum atomic E-state index is -2.03. The van der Waals surface area contributed by atoms with Gasteiger partial charge in [0.2, 0.25) is 5.91 Å². The van der Waals surface area contributed by atoms with E-state index in [0.29, 0.717) is 18.9 Å². The molecule has 0 spiro atoms. The molecule has 120 valence electrons. The Hall–Kier alpha value is -1.34. The summed E-state index contributed by atoms with van der Waals surface area (Å²) in [6.07, 6.45) is 2.76. The second kappa shape index (κ2) is 10.4. The molecule has 0 fully saturated rings. The summed E-state index contributed by atoms with van der Waals surface area (Å²) in [5.41, 5.74) is -1.80.